The first-order valence-corrected chi connectivity index (χ1v) is 6.99. The smallest absolute Gasteiger partial charge is 0.172 e. The maximum absolute atomic E-state index is 8.93. The minimum absolute atomic E-state index is 0.187. The largest absolute Gasteiger partial charge is 0.409 e. The third-order valence-electron chi connectivity index (χ3n) is 3.55. The van der Waals surface area contributed by atoms with Crippen LogP contribution in [-0.4, -0.2) is 24.1 Å². The topological polar surface area (TPSA) is 61.8 Å². The van der Waals surface area contributed by atoms with E-state index in [1.54, 1.807) is 0 Å². The Labute approximate surface area is 114 Å². The molecule has 19 heavy (non-hydrogen) atoms. The molecule has 0 aromatic heterocycles. The van der Waals surface area contributed by atoms with Crippen LogP contribution >= 0.6 is 0 Å². The number of anilines is 1. The number of rotatable bonds is 6. The van der Waals surface area contributed by atoms with E-state index in [4.69, 9.17) is 10.9 Å². The molecule has 4 nitrogen and oxygen atoms in total. The molecule has 0 heterocycles. The zero-order valence-electron chi connectivity index (χ0n) is 11.8. The Morgan fingerprint density at radius 3 is 2.79 bits per heavy atom. The van der Waals surface area contributed by atoms with E-state index in [0.717, 1.165) is 36.7 Å². The van der Waals surface area contributed by atoms with Gasteiger partial charge in [-0.2, -0.15) is 0 Å². The fourth-order valence-corrected chi connectivity index (χ4v) is 2.37. The summed E-state index contributed by atoms with van der Waals surface area (Å²) in [4.78, 5) is 2.37. The molecule has 0 aliphatic heterocycles. The molecule has 0 spiro atoms. The number of nitrogens with two attached hydrogens (primary N) is 1. The van der Waals surface area contributed by atoms with Gasteiger partial charge in [0.15, 0.2) is 5.84 Å². The average molecular weight is 261 g/mol. The lowest BCUT2D eigenvalue weighted by Crippen LogP contribution is -2.29. The molecule has 1 aromatic rings. The zero-order chi connectivity index (χ0) is 13.8. The Morgan fingerprint density at radius 2 is 2.21 bits per heavy atom. The highest BCUT2D eigenvalue weighted by molar-refractivity contribution is 6.02. The lowest BCUT2D eigenvalue weighted by Gasteiger charge is -2.27. The van der Waals surface area contributed by atoms with Crippen LogP contribution in [0.5, 0.6) is 0 Å². The molecule has 3 N–H and O–H groups in total. The van der Waals surface area contributed by atoms with Gasteiger partial charge >= 0.3 is 0 Å². The second kappa shape index (κ2) is 5.95. The maximum Gasteiger partial charge on any atom is 0.172 e. The molecule has 1 aliphatic rings. The number of aryl methyl sites for hydroxylation is 1. The molecule has 0 unspecified atom stereocenters. The molecular weight excluding hydrogens is 238 g/mol. The van der Waals surface area contributed by atoms with Crippen molar-refractivity contribution in [2.24, 2.45) is 16.8 Å². The van der Waals surface area contributed by atoms with Crippen molar-refractivity contribution in [1.29, 1.82) is 0 Å². The molecule has 1 aliphatic carbocycles. The van der Waals surface area contributed by atoms with Crippen LogP contribution in [0.2, 0.25) is 0 Å². The summed E-state index contributed by atoms with van der Waals surface area (Å²) in [5.41, 5.74) is 8.90. The first kappa shape index (κ1) is 13.7. The van der Waals surface area contributed by atoms with Crippen molar-refractivity contribution in [3.8, 4) is 0 Å². The predicted octanol–water partition coefficient (Wildman–Crippen LogP) is 2.72. The van der Waals surface area contributed by atoms with E-state index in [2.05, 4.69) is 30.0 Å². The van der Waals surface area contributed by atoms with E-state index < -0.39 is 0 Å². The second-order valence-corrected chi connectivity index (χ2v) is 5.40. The summed E-state index contributed by atoms with van der Waals surface area (Å²) >= 11 is 0. The first-order valence-electron chi connectivity index (χ1n) is 6.99. The van der Waals surface area contributed by atoms with Crippen molar-refractivity contribution in [3.05, 3.63) is 29.3 Å². The van der Waals surface area contributed by atoms with Gasteiger partial charge in [0, 0.05) is 24.3 Å². The summed E-state index contributed by atoms with van der Waals surface area (Å²) in [5, 5.41) is 12.1. The summed E-state index contributed by atoms with van der Waals surface area (Å²) in [7, 11) is 0. The van der Waals surface area contributed by atoms with E-state index in [-0.39, 0.29) is 5.84 Å². The summed E-state index contributed by atoms with van der Waals surface area (Å²) in [6.45, 7) is 6.33. The van der Waals surface area contributed by atoms with Crippen molar-refractivity contribution >= 4 is 11.5 Å². The Hall–Kier alpha value is -1.71. The molecule has 1 fully saturated rings. The van der Waals surface area contributed by atoms with Crippen LogP contribution in [0.3, 0.4) is 0 Å². The number of hydrogen-bond acceptors (Lipinski definition) is 3. The molecule has 2 rings (SSSR count). The van der Waals surface area contributed by atoms with Gasteiger partial charge in [-0.1, -0.05) is 18.1 Å². The van der Waals surface area contributed by atoms with Gasteiger partial charge in [-0.25, -0.2) is 0 Å². The summed E-state index contributed by atoms with van der Waals surface area (Å²) in [6.07, 6.45) is 3.74. The highest BCUT2D eigenvalue weighted by Crippen LogP contribution is 2.33. The highest BCUT2D eigenvalue weighted by atomic mass is 16.4. The molecule has 1 saturated carbocycles. The van der Waals surface area contributed by atoms with E-state index >= 15 is 0 Å². The van der Waals surface area contributed by atoms with Crippen LogP contribution in [-0.2, 0) is 0 Å². The first-order chi connectivity index (χ1) is 9.15. The van der Waals surface area contributed by atoms with E-state index in [9.17, 15) is 0 Å². The quantitative estimate of drug-likeness (QED) is 0.358. The summed E-state index contributed by atoms with van der Waals surface area (Å²) < 4.78 is 0. The predicted molar refractivity (Wildman–Crippen MR) is 78.9 cm³/mol. The molecule has 4 heteroatoms. The molecule has 104 valence electrons. The molecule has 0 atom stereocenters. The fourth-order valence-electron chi connectivity index (χ4n) is 2.37. The summed E-state index contributed by atoms with van der Waals surface area (Å²) in [6, 6.07) is 6.07. The second-order valence-electron chi connectivity index (χ2n) is 5.40. The molecule has 0 amide bonds. The Morgan fingerprint density at radius 1 is 1.47 bits per heavy atom. The molecule has 0 saturated heterocycles. The van der Waals surface area contributed by atoms with Gasteiger partial charge in [-0.3, -0.25) is 0 Å². The van der Waals surface area contributed by atoms with Gasteiger partial charge in [-0.05, 0) is 49.8 Å². The third-order valence-corrected chi connectivity index (χ3v) is 3.55. The Balaban J connectivity index is 2.34. The number of nitrogens with zero attached hydrogens (tertiary/aromatic N) is 2. The number of amidine groups is 1. The minimum atomic E-state index is 0.187. The maximum atomic E-state index is 8.93. The number of benzene rings is 1. The van der Waals surface area contributed by atoms with Crippen LogP contribution in [0.15, 0.2) is 23.4 Å². The van der Waals surface area contributed by atoms with E-state index in [0.29, 0.717) is 0 Å². The molecule has 1 aromatic carbocycles. The fraction of sp³-hybridized carbons (Fsp3) is 0.533. The van der Waals surface area contributed by atoms with Crippen molar-refractivity contribution in [3.63, 3.8) is 0 Å². The Kier molecular flexibility index (Phi) is 4.30. The monoisotopic (exact) mass is 261 g/mol. The van der Waals surface area contributed by atoms with E-state index in [1.807, 2.05) is 12.1 Å². The van der Waals surface area contributed by atoms with Crippen LogP contribution in [0.4, 0.5) is 5.69 Å². The highest BCUT2D eigenvalue weighted by Gasteiger charge is 2.25. The van der Waals surface area contributed by atoms with Gasteiger partial charge in [0.1, 0.15) is 0 Å². The van der Waals surface area contributed by atoms with Crippen LogP contribution in [0, 0.1) is 12.8 Å². The molecule has 0 radical (unpaired) electrons. The zero-order valence-corrected chi connectivity index (χ0v) is 11.8. The average Bonchev–Trinajstić information content (AvgIpc) is 3.21. The van der Waals surface area contributed by atoms with Gasteiger partial charge in [0.2, 0.25) is 0 Å². The van der Waals surface area contributed by atoms with E-state index in [1.165, 1.54) is 18.4 Å². The number of hydrogen-bond donors (Lipinski definition) is 2. The number of oxime groups is 1. The van der Waals surface area contributed by atoms with Gasteiger partial charge in [0.05, 0.1) is 0 Å². The van der Waals surface area contributed by atoms with Crippen molar-refractivity contribution in [2.45, 2.75) is 33.1 Å². The third kappa shape index (κ3) is 3.40. The van der Waals surface area contributed by atoms with Gasteiger partial charge in [0.25, 0.3) is 0 Å². The SMILES string of the molecule is CCCN(CC1CC1)c1cc(C)ccc1C(N)=NO. The van der Waals surface area contributed by atoms with Crippen molar-refractivity contribution in [1.82, 2.24) is 0 Å². The van der Waals surface area contributed by atoms with Gasteiger partial charge < -0.3 is 15.8 Å². The van der Waals surface area contributed by atoms with Crippen LogP contribution < -0.4 is 10.6 Å². The Bertz CT molecular complexity index is 466. The van der Waals surface area contributed by atoms with Crippen molar-refractivity contribution < 1.29 is 5.21 Å². The van der Waals surface area contributed by atoms with Crippen LogP contribution in [0.1, 0.15) is 37.3 Å². The normalized spacial score (nSPS) is 15.6. The minimum Gasteiger partial charge on any atom is -0.409 e. The lowest BCUT2D eigenvalue weighted by molar-refractivity contribution is 0.318. The summed E-state index contributed by atoms with van der Waals surface area (Å²) in [5.74, 6) is 0.999. The van der Waals surface area contributed by atoms with Crippen LogP contribution in [0.25, 0.3) is 0 Å². The standard InChI is InChI=1S/C15H23N3O/c1-3-8-18(10-12-5-6-12)14-9-11(2)4-7-13(14)15(16)17-19/h4,7,9,12,19H,3,5-6,8,10H2,1-2H3,(H2,16,17). The van der Waals surface area contributed by atoms with Crippen molar-refractivity contribution in [2.75, 3.05) is 18.0 Å². The molecular formula is C15H23N3O. The molecule has 0 bridgehead atoms. The lowest BCUT2D eigenvalue weighted by atomic mass is 10.1. The van der Waals surface area contributed by atoms with Gasteiger partial charge in [-0.15, -0.1) is 0 Å².